The first-order valence-electron chi connectivity index (χ1n) is 4.92. The third-order valence-electron chi connectivity index (χ3n) is 2.09. The monoisotopic (exact) mass is 288 g/mol. The molecule has 0 fully saturated rings. The predicted molar refractivity (Wildman–Crippen MR) is 64.1 cm³/mol. The Morgan fingerprint density at radius 3 is 2.56 bits per heavy atom. The molecule has 16 heavy (non-hydrogen) atoms. The molecule has 0 saturated carbocycles. The zero-order chi connectivity index (χ0) is 12.3. The van der Waals surface area contributed by atoms with Crippen molar-refractivity contribution in [2.75, 3.05) is 6.61 Å². The lowest BCUT2D eigenvalue weighted by atomic mass is 9.91. The van der Waals surface area contributed by atoms with Gasteiger partial charge in [-0.1, -0.05) is 36.7 Å². The van der Waals surface area contributed by atoms with Crippen molar-refractivity contribution in [3.05, 3.63) is 28.5 Å². The highest BCUT2D eigenvalue weighted by Crippen LogP contribution is 2.22. The van der Waals surface area contributed by atoms with Crippen LogP contribution in [-0.2, 0) is 4.79 Å². The van der Waals surface area contributed by atoms with Gasteiger partial charge in [0.15, 0.2) is 17.3 Å². The highest BCUT2D eigenvalue weighted by molar-refractivity contribution is 9.10. The molecule has 2 nitrogen and oxygen atoms in total. The van der Waals surface area contributed by atoms with Crippen molar-refractivity contribution in [2.24, 2.45) is 5.41 Å². The van der Waals surface area contributed by atoms with E-state index >= 15 is 0 Å². The van der Waals surface area contributed by atoms with Crippen LogP contribution in [0.2, 0.25) is 0 Å². The van der Waals surface area contributed by atoms with Crippen LogP contribution in [0.1, 0.15) is 20.8 Å². The lowest BCUT2D eigenvalue weighted by molar-refractivity contribution is -0.128. The van der Waals surface area contributed by atoms with Crippen LogP contribution in [-0.4, -0.2) is 12.4 Å². The molecule has 0 saturated heterocycles. The van der Waals surface area contributed by atoms with E-state index in [-0.39, 0.29) is 18.1 Å². The van der Waals surface area contributed by atoms with E-state index in [2.05, 4.69) is 15.9 Å². The minimum Gasteiger partial charge on any atom is -0.483 e. The second-order valence-electron chi connectivity index (χ2n) is 4.54. The summed E-state index contributed by atoms with van der Waals surface area (Å²) in [5, 5.41) is 0. The zero-order valence-corrected chi connectivity index (χ0v) is 11.1. The number of hydrogen-bond acceptors (Lipinski definition) is 2. The minimum absolute atomic E-state index is 0.0604. The topological polar surface area (TPSA) is 26.3 Å². The second-order valence-corrected chi connectivity index (χ2v) is 5.45. The maximum atomic E-state index is 13.3. The van der Waals surface area contributed by atoms with E-state index in [1.807, 2.05) is 0 Å². The number of halogens is 2. The van der Waals surface area contributed by atoms with E-state index in [0.717, 1.165) is 0 Å². The molecule has 1 aromatic carbocycles. The summed E-state index contributed by atoms with van der Waals surface area (Å²) >= 11 is 3.15. The highest BCUT2D eigenvalue weighted by atomic mass is 79.9. The Balaban J connectivity index is 2.65. The largest absolute Gasteiger partial charge is 0.483 e. The van der Waals surface area contributed by atoms with E-state index in [1.165, 1.54) is 12.1 Å². The fourth-order valence-corrected chi connectivity index (χ4v) is 1.29. The fourth-order valence-electron chi connectivity index (χ4n) is 0.952. The first-order valence-corrected chi connectivity index (χ1v) is 5.71. The average Bonchev–Trinajstić information content (AvgIpc) is 2.14. The number of hydrogen-bond donors (Lipinski definition) is 0. The third-order valence-corrected chi connectivity index (χ3v) is 2.58. The smallest absolute Gasteiger partial charge is 0.175 e. The first kappa shape index (κ1) is 13.2. The Morgan fingerprint density at radius 2 is 2.06 bits per heavy atom. The molecular formula is C12H14BrFO2. The fraction of sp³-hybridized carbons (Fsp3) is 0.417. The van der Waals surface area contributed by atoms with Gasteiger partial charge >= 0.3 is 0 Å². The van der Waals surface area contributed by atoms with Gasteiger partial charge in [0.2, 0.25) is 0 Å². The van der Waals surface area contributed by atoms with Crippen molar-refractivity contribution in [1.29, 1.82) is 0 Å². The van der Waals surface area contributed by atoms with Gasteiger partial charge in [0.1, 0.15) is 6.61 Å². The molecule has 88 valence electrons. The zero-order valence-electron chi connectivity index (χ0n) is 9.51. The summed E-state index contributed by atoms with van der Waals surface area (Å²) in [5.74, 6) is -0.438. The molecule has 0 atom stereocenters. The molecule has 0 N–H and O–H groups in total. The number of ketones is 1. The van der Waals surface area contributed by atoms with Crippen LogP contribution in [0.4, 0.5) is 4.39 Å². The molecule has 0 aliphatic rings. The molecule has 0 aliphatic heterocycles. The van der Waals surface area contributed by atoms with Crippen LogP contribution in [0.3, 0.4) is 0 Å². The van der Waals surface area contributed by atoms with E-state index in [9.17, 15) is 9.18 Å². The number of Topliss-reactive ketones (excluding diaryl/α,β-unsaturated/α-hetero) is 1. The van der Waals surface area contributed by atoms with Gasteiger partial charge in [0, 0.05) is 9.89 Å². The van der Waals surface area contributed by atoms with Crippen LogP contribution in [0.25, 0.3) is 0 Å². The molecule has 0 radical (unpaired) electrons. The number of benzene rings is 1. The van der Waals surface area contributed by atoms with Crippen LogP contribution < -0.4 is 4.74 Å². The van der Waals surface area contributed by atoms with E-state index in [4.69, 9.17) is 4.74 Å². The van der Waals surface area contributed by atoms with Crippen molar-refractivity contribution >= 4 is 21.7 Å². The number of carbonyl (C=O) groups excluding carboxylic acids is 1. The van der Waals surface area contributed by atoms with Gasteiger partial charge < -0.3 is 4.74 Å². The molecule has 0 bridgehead atoms. The molecular weight excluding hydrogens is 275 g/mol. The Hall–Kier alpha value is -0.900. The lowest BCUT2D eigenvalue weighted by Crippen LogP contribution is -2.26. The molecule has 4 heteroatoms. The normalized spacial score (nSPS) is 11.3. The maximum Gasteiger partial charge on any atom is 0.175 e. The van der Waals surface area contributed by atoms with Crippen molar-refractivity contribution in [3.63, 3.8) is 0 Å². The van der Waals surface area contributed by atoms with Crippen molar-refractivity contribution in [2.45, 2.75) is 20.8 Å². The van der Waals surface area contributed by atoms with E-state index in [0.29, 0.717) is 4.47 Å². The average molecular weight is 289 g/mol. The van der Waals surface area contributed by atoms with Crippen LogP contribution in [0.15, 0.2) is 22.7 Å². The van der Waals surface area contributed by atoms with Gasteiger partial charge in [0.05, 0.1) is 0 Å². The molecule has 1 aromatic rings. The van der Waals surface area contributed by atoms with Crippen LogP contribution >= 0.6 is 15.9 Å². The molecule has 0 heterocycles. The molecule has 0 aliphatic carbocycles. The number of carbonyl (C=O) groups is 1. The summed E-state index contributed by atoms with van der Waals surface area (Å²) in [4.78, 5) is 11.6. The van der Waals surface area contributed by atoms with Crippen LogP contribution in [0, 0.1) is 11.2 Å². The number of rotatable bonds is 3. The second kappa shape index (κ2) is 4.95. The first-order chi connectivity index (χ1) is 7.30. The number of ether oxygens (including phenoxy) is 1. The quantitative estimate of drug-likeness (QED) is 0.850. The summed E-state index contributed by atoms with van der Waals surface area (Å²) in [6.07, 6.45) is 0. The van der Waals surface area contributed by atoms with Gasteiger partial charge in [-0.05, 0) is 18.2 Å². The molecule has 1 rings (SSSR count). The summed E-state index contributed by atoms with van der Waals surface area (Å²) in [5.41, 5.74) is -0.466. The Morgan fingerprint density at radius 1 is 1.44 bits per heavy atom. The van der Waals surface area contributed by atoms with E-state index < -0.39 is 11.2 Å². The third kappa shape index (κ3) is 3.59. The summed E-state index contributed by atoms with van der Waals surface area (Å²) < 4.78 is 19.1. The lowest BCUT2D eigenvalue weighted by Gasteiger charge is -2.16. The molecule has 0 unspecified atom stereocenters. The van der Waals surface area contributed by atoms with Gasteiger partial charge in [-0.15, -0.1) is 0 Å². The maximum absolute atomic E-state index is 13.3. The molecule has 0 amide bonds. The Bertz CT molecular complexity index is 396. The SMILES string of the molecule is CC(C)(C)C(=O)COc1ccc(Br)cc1F. The summed E-state index contributed by atoms with van der Waals surface area (Å²) in [6.45, 7) is 5.30. The van der Waals surface area contributed by atoms with Crippen molar-refractivity contribution in [1.82, 2.24) is 0 Å². The molecule has 0 spiro atoms. The Kier molecular flexibility index (Phi) is 4.08. The van der Waals surface area contributed by atoms with Crippen LogP contribution in [0.5, 0.6) is 5.75 Å². The summed E-state index contributed by atoms with van der Waals surface area (Å²) in [7, 11) is 0. The van der Waals surface area contributed by atoms with E-state index in [1.54, 1.807) is 26.8 Å². The van der Waals surface area contributed by atoms with Crippen molar-refractivity contribution in [3.8, 4) is 5.75 Å². The Labute approximate surface area is 103 Å². The predicted octanol–water partition coefficient (Wildman–Crippen LogP) is 3.58. The van der Waals surface area contributed by atoms with Gasteiger partial charge in [0.25, 0.3) is 0 Å². The molecule has 0 aromatic heterocycles. The standard InChI is InChI=1S/C12H14BrFO2/c1-12(2,3)11(15)7-16-10-5-4-8(13)6-9(10)14/h4-6H,7H2,1-3H3. The minimum atomic E-state index is -0.476. The van der Waals surface area contributed by atoms with Crippen molar-refractivity contribution < 1.29 is 13.9 Å². The van der Waals surface area contributed by atoms with Gasteiger partial charge in [-0.2, -0.15) is 0 Å². The van der Waals surface area contributed by atoms with Gasteiger partial charge in [-0.25, -0.2) is 4.39 Å². The summed E-state index contributed by atoms with van der Waals surface area (Å²) in [6, 6.07) is 4.46. The van der Waals surface area contributed by atoms with Gasteiger partial charge in [-0.3, -0.25) is 4.79 Å². The highest BCUT2D eigenvalue weighted by Gasteiger charge is 2.21.